The summed E-state index contributed by atoms with van der Waals surface area (Å²) < 4.78 is 7.47. The van der Waals surface area contributed by atoms with Gasteiger partial charge in [0.2, 0.25) is 0 Å². The molecule has 1 atom stereocenters. The Hall–Kier alpha value is -0.940. The van der Waals surface area contributed by atoms with Crippen molar-refractivity contribution in [3.63, 3.8) is 0 Å². The standard InChI is InChI=1S/C14H26N4O/c1-3-7-15-13(12-5-8-19-9-6-12)10-14-16-11-17-18(14)4-2/h11-13,15H,3-10H2,1-2H3. The van der Waals surface area contributed by atoms with Crippen molar-refractivity contribution in [1.29, 1.82) is 0 Å². The third-order valence-corrected chi connectivity index (χ3v) is 3.89. The van der Waals surface area contributed by atoms with Crippen LogP contribution in [0.5, 0.6) is 0 Å². The molecule has 1 aromatic heterocycles. The topological polar surface area (TPSA) is 52.0 Å². The highest BCUT2D eigenvalue weighted by Gasteiger charge is 2.25. The number of hydrogen-bond donors (Lipinski definition) is 1. The van der Waals surface area contributed by atoms with Gasteiger partial charge in [0.25, 0.3) is 0 Å². The van der Waals surface area contributed by atoms with Crippen molar-refractivity contribution in [2.75, 3.05) is 19.8 Å². The van der Waals surface area contributed by atoms with Crippen molar-refractivity contribution in [3.8, 4) is 0 Å². The van der Waals surface area contributed by atoms with Gasteiger partial charge in [-0.25, -0.2) is 4.98 Å². The van der Waals surface area contributed by atoms with E-state index in [-0.39, 0.29) is 0 Å². The van der Waals surface area contributed by atoms with E-state index in [1.807, 2.05) is 4.68 Å². The molecular formula is C14H26N4O. The van der Waals surface area contributed by atoms with Gasteiger partial charge in [-0.3, -0.25) is 4.68 Å². The molecule has 108 valence electrons. The van der Waals surface area contributed by atoms with Gasteiger partial charge in [0.05, 0.1) is 0 Å². The molecule has 0 bridgehead atoms. The molecule has 5 heteroatoms. The molecule has 1 aromatic rings. The molecule has 5 nitrogen and oxygen atoms in total. The Kier molecular flexibility index (Phi) is 5.79. The normalized spacial score (nSPS) is 18.6. The lowest BCUT2D eigenvalue weighted by molar-refractivity contribution is 0.0534. The molecule has 2 heterocycles. The average Bonchev–Trinajstić information content (AvgIpc) is 2.91. The van der Waals surface area contributed by atoms with E-state index in [9.17, 15) is 0 Å². The summed E-state index contributed by atoms with van der Waals surface area (Å²) in [6.45, 7) is 8.08. The fraction of sp³-hybridized carbons (Fsp3) is 0.857. The van der Waals surface area contributed by atoms with E-state index in [1.54, 1.807) is 6.33 Å². The summed E-state index contributed by atoms with van der Waals surface area (Å²) in [5.74, 6) is 1.80. The summed E-state index contributed by atoms with van der Waals surface area (Å²) in [5.41, 5.74) is 0. The van der Waals surface area contributed by atoms with Gasteiger partial charge in [-0.1, -0.05) is 6.92 Å². The van der Waals surface area contributed by atoms with Crippen molar-refractivity contribution in [1.82, 2.24) is 20.1 Å². The first-order chi connectivity index (χ1) is 9.35. The lowest BCUT2D eigenvalue weighted by Crippen LogP contribution is -2.41. The molecule has 1 unspecified atom stereocenters. The van der Waals surface area contributed by atoms with Crippen molar-refractivity contribution in [2.24, 2.45) is 5.92 Å². The molecular weight excluding hydrogens is 240 g/mol. The van der Waals surface area contributed by atoms with Gasteiger partial charge in [0.15, 0.2) is 0 Å². The Bertz CT molecular complexity index is 360. The summed E-state index contributed by atoms with van der Waals surface area (Å²) in [5, 5.41) is 7.96. The van der Waals surface area contributed by atoms with Crippen LogP contribution in [0.1, 0.15) is 38.9 Å². The minimum Gasteiger partial charge on any atom is -0.381 e. The van der Waals surface area contributed by atoms with Crippen molar-refractivity contribution < 1.29 is 4.74 Å². The maximum Gasteiger partial charge on any atom is 0.138 e. The van der Waals surface area contributed by atoms with Crippen LogP contribution in [0, 0.1) is 5.92 Å². The Morgan fingerprint density at radius 1 is 1.42 bits per heavy atom. The highest BCUT2D eigenvalue weighted by molar-refractivity contribution is 4.92. The highest BCUT2D eigenvalue weighted by atomic mass is 16.5. The second kappa shape index (κ2) is 7.60. The minimum absolute atomic E-state index is 0.498. The van der Waals surface area contributed by atoms with Gasteiger partial charge in [-0.2, -0.15) is 5.10 Å². The molecule has 0 aromatic carbocycles. The second-order valence-electron chi connectivity index (χ2n) is 5.21. The highest BCUT2D eigenvalue weighted by Crippen LogP contribution is 2.21. The number of hydrogen-bond acceptors (Lipinski definition) is 4. The fourth-order valence-corrected chi connectivity index (χ4v) is 2.76. The number of nitrogens with one attached hydrogen (secondary N) is 1. The van der Waals surface area contributed by atoms with Crippen LogP contribution >= 0.6 is 0 Å². The predicted molar refractivity (Wildman–Crippen MR) is 75.0 cm³/mol. The van der Waals surface area contributed by atoms with E-state index in [2.05, 4.69) is 29.2 Å². The second-order valence-corrected chi connectivity index (χ2v) is 5.21. The number of aryl methyl sites for hydroxylation is 1. The van der Waals surface area contributed by atoms with Gasteiger partial charge in [0, 0.05) is 32.2 Å². The molecule has 0 radical (unpaired) electrons. The Morgan fingerprint density at radius 3 is 2.89 bits per heavy atom. The monoisotopic (exact) mass is 266 g/mol. The molecule has 0 saturated carbocycles. The van der Waals surface area contributed by atoms with Crippen molar-refractivity contribution in [2.45, 2.75) is 52.1 Å². The lowest BCUT2D eigenvalue weighted by atomic mass is 9.89. The van der Waals surface area contributed by atoms with Crippen LogP contribution < -0.4 is 5.32 Å². The van der Waals surface area contributed by atoms with E-state index in [0.29, 0.717) is 12.0 Å². The van der Waals surface area contributed by atoms with Gasteiger partial charge in [-0.15, -0.1) is 0 Å². The Balaban J connectivity index is 1.99. The average molecular weight is 266 g/mol. The summed E-state index contributed by atoms with van der Waals surface area (Å²) in [7, 11) is 0. The van der Waals surface area contributed by atoms with E-state index >= 15 is 0 Å². The molecule has 1 aliphatic rings. The third kappa shape index (κ3) is 4.01. The fourth-order valence-electron chi connectivity index (χ4n) is 2.76. The first-order valence-electron chi connectivity index (χ1n) is 7.53. The van der Waals surface area contributed by atoms with Crippen molar-refractivity contribution in [3.05, 3.63) is 12.2 Å². The number of nitrogens with zero attached hydrogens (tertiary/aromatic N) is 3. The Labute approximate surface area is 115 Å². The zero-order valence-electron chi connectivity index (χ0n) is 12.1. The molecule has 1 aliphatic heterocycles. The SMILES string of the molecule is CCCNC(Cc1ncnn1CC)C1CCOCC1. The minimum atomic E-state index is 0.498. The number of rotatable bonds is 7. The predicted octanol–water partition coefficient (Wildman–Crippen LogP) is 1.64. The van der Waals surface area contributed by atoms with Gasteiger partial charge >= 0.3 is 0 Å². The molecule has 1 N–H and O–H groups in total. The summed E-state index contributed by atoms with van der Waals surface area (Å²) in [6.07, 6.45) is 6.11. The van der Waals surface area contributed by atoms with Crippen LogP contribution in [0.25, 0.3) is 0 Å². The van der Waals surface area contributed by atoms with Crippen LogP contribution in [0.2, 0.25) is 0 Å². The lowest BCUT2D eigenvalue weighted by Gasteiger charge is -2.31. The maximum atomic E-state index is 5.47. The van der Waals surface area contributed by atoms with Crippen LogP contribution in [-0.4, -0.2) is 40.6 Å². The van der Waals surface area contributed by atoms with Gasteiger partial charge in [-0.05, 0) is 38.6 Å². The number of aromatic nitrogens is 3. The molecule has 2 rings (SSSR count). The molecule has 0 aliphatic carbocycles. The van der Waals surface area contributed by atoms with E-state index < -0.39 is 0 Å². The smallest absolute Gasteiger partial charge is 0.138 e. The molecule has 1 saturated heterocycles. The number of ether oxygens (including phenoxy) is 1. The van der Waals surface area contributed by atoms with Gasteiger partial charge < -0.3 is 10.1 Å². The van der Waals surface area contributed by atoms with Crippen LogP contribution in [-0.2, 0) is 17.7 Å². The molecule has 0 amide bonds. The molecule has 1 fully saturated rings. The molecule has 0 spiro atoms. The van der Waals surface area contributed by atoms with Crippen LogP contribution in [0.15, 0.2) is 6.33 Å². The first kappa shape index (κ1) is 14.5. The van der Waals surface area contributed by atoms with E-state index in [1.165, 1.54) is 6.42 Å². The van der Waals surface area contributed by atoms with Gasteiger partial charge in [0.1, 0.15) is 12.2 Å². The zero-order chi connectivity index (χ0) is 13.5. The summed E-state index contributed by atoms with van der Waals surface area (Å²) in [6, 6.07) is 0.498. The first-order valence-corrected chi connectivity index (χ1v) is 7.53. The van der Waals surface area contributed by atoms with Crippen LogP contribution in [0.3, 0.4) is 0 Å². The van der Waals surface area contributed by atoms with E-state index in [4.69, 9.17) is 4.74 Å². The third-order valence-electron chi connectivity index (χ3n) is 3.89. The summed E-state index contributed by atoms with van der Waals surface area (Å²) >= 11 is 0. The zero-order valence-corrected chi connectivity index (χ0v) is 12.1. The maximum absolute atomic E-state index is 5.47. The van der Waals surface area contributed by atoms with E-state index in [0.717, 1.165) is 51.4 Å². The largest absolute Gasteiger partial charge is 0.381 e. The van der Waals surface area contributed by atoms with Crippen molar-refractivity contribution >= 4 is 0 Å². The van der Waals surface area contributed by atoms with Crippen LogP contribution in [0.4, 0.5) is 0 Å². The summed E-state index contributed by atoms with van der Waals surface area (Å²) in [4.78, 5) is 4.41. The quantitative estimate of drug-likeness (QED) is 0.815. The molecule has 19 heavy (non-hydrogen) atoms. The Morgan fingerprint density at radius 2 is 2.21 bits per heavy atom.